The third-order valence-electron chi connectivity index (χ3n) is 5.68. The Hall–Kier alpha value is -2.09. The molecule has 2 aromatic carbocycles. The molecule has 1 unspecified atom stereocenters. The van der Waals surface area contributed by atoms with Crippen LogP contribution in [-0.2, 0) is 21.2 Å². The highest BCUT2D eigenvalue weighted by molar-refractivity contribution is 7.89. The number of para-hydroxylation sites is 1. The first-order chi connectivity index (χ1) is 14.4. The van der Waals surface area contributed by atoms with Crippen LogP contribution in [0.3, 0.4) is 0 Å². The van der Waals surface area contributed by atoms with E-state index in [2.05, 4.69) is 0 Å². The maximum Gasteiger partial charge on any atom is 0.265 e. The van der Waals surface area contributed by atoms with Crippen LogP contribution < -0.4 is 9.64 Å². The third-order valence-corrected chi connectivity index (χ3v) is 7.88. The second-order valence-electron chi connectivity index (χ2n) is 7.79. The Morgan fingerprint density at radius 2 is 1.87 bits per heavy atom. The summed E-state index contributed by atoms with van der Waals surface area (Å²) in [5.41, 5.74) is 1.61. The van der Waals surface area contributed by atoms with E-state index in [9.17, 15) is 13.2 Å². The van der Waals surface area contributed by atoms with Crippen LogP contribution >= 0.6 is 11.6 Å². The normalized spacial score (nSPS) is 19.5. The van der Waals surface area contributed by atoms with Gasteiger partial charge in [0.25, 0.3) is 5.91 Å². The highest BCUT2D eigenvalue weighted by Gasteiger charge is 2.33. The van der Waals surface area contributed by atoms with Crippen LogP contribution in [0, 0.1) is 0 Å². The smallest absolute Gasteiger partial charge is 0.265 e. The van der Waals surface area contributed by atoms with Gasteiger partial charge in [0, 0.05) is 24.8 Å². The maximum absolute atomic E-state index is 13.0. The van der Waals surface area contributed by atoms with Crippen molar-refractivity contribution in [1.82, 2.24) is 4.31 Å². The summed E-state index contributed by atoms with van der Waals surface area (Å²) in [4.78, 5) is 14.9. The fraction of sp³-hybridized carbons (Fsp3) is 0.409. The molecule has 30 heavy (non-hydrogen) atoms. The second-order valence-corrected chi connectivity index (χ2v) is 10.1. The molecule has 0 spiro atoms. The average Bonchev–Trinajstić information content (AvgIpc) is 3.08. The molecule has 2 aliphatic heterocycles. The lowest BCUT2D eigenvalue weighted by Gasteiger charge is -2.26. The topological polar surface area (TPSA) is 66.9 Å². The summed E-state index contributed by atoms with van der Waals surface area (Å²) >= 11 is 6.09. The monoisotopic (exact) mass is 448 g/mol. The summed E-state index contributed by atoms with van der Waals surface area (Å²) in [6.45, 7) is 2.95. The molecule has 1 fully saturated rings. The van der Waals surface area contributed by atoms with Crippen molar-refractivity contribution >= 4 is 33.2 Å². The minimum absolute atomic E-state index is 0.0738. The minimum atomic E-state index is -3.50. The zero-order chi connectivity index (χ0) is 21.3. The number of fused-ring (bicyclic) bond motifs is 1. The van der Waals surface area contributed by atoms with Crippen LogP contribution in [-0.4, -0.2) is 44.4 Å². The van der Waals surface area contributed by atoms with Gasteiger partial charge in [-0.05, 0) is 62.1 Å². The number of sulfonamides is 1. The molecule has 4 rings (SSSR count). The molecule has 0 bridgehead atoms. The van der Waals surface area contributed by atoms with E-state index in [0.717, 1.165) is 30.5 Å². The molecule has 2 heterocycles. The number of hydrogen-bond donors (Lipinski definition) is 0. The number of amides is 1. The Morgan fingerprint density at radius 3 is 2.60 bits per heavy atom. The quantitative estimate of drug-likeness (QED) is 0.696. The molecular formula is C22H25ClN2O4S. The fourth-order valence-electron chi connectivity index (χ4n) is 4.17. The standard InChI is InChI=1S/C22H25ClN2O4S/c1-16-13-17-14-18(30(27,28)24-11-5-2-6-12-24)9-10-20(17)25(16)22(26)15-29-21-8-4-3-7-19(21)23/h3-4,7-10,14,16H,2,5-6,11-13,15H2,1H3. The summed E-state index contributed by atoms with van der Waals surface area (Å²) in [5, 5.41) is 0.452. The van der Waals surface area contributed by atoms with Gasteiger partial charge in [0.15, 0.2) is 6.61 Å². The molecule has 1 saturated heterocycles. The first-order valence-corrected chi connectivity index (χ1v) is 12.0. The lowest BCUT2D eigenvalue weighted by molar-refractivity contribution is -0.120. The fourth-order valence-corrected chi connectivity index (χ4v) is 5.93. The van der Waals surface area contributed by atoms with Gasteiger partial charge in [-0.15, -0.1) is 0 Å². The van der Waals surface area contributed by atoms with Crippen LogP contribution in [0.15, 0.2) is 47.4 Å². The number of rotatable bonds is 5. The van der Waals surface area contributed by atoms with Crippen LogP contribution in [0.2, 0.25) is 5.02 Å². The maximum atomic E-state index is 13.0. The van der Waals surface area contributed by atoms with Crippen molar-refractivity contribution in [2.24, 2.45) is 0 Å². The van der Waals surface area contributed by atoms with E-state index in [1.165, 1.54) is 0 Å². The molecule has 0 aliphatic carbocycles. The van der Waals surface area contributed by atoms with E-state index in [1.54, 1.807) is 51.7 Å². The van der Waals surface area contributed by atoms with E-state index in [0.29, 0.717) is 35.2 Å². The minimum Gasteiger partial charge on any atom is -0.482 e. The van der Waals surface area contributed by atoms with Crippen LogP contribution in [0.25, 0.3) is 0 Å². The zero-order valence-corrected chi connectivity index (χ0v) is 18.5. The lowest BCUT2D eigenvalue weighted by atomic mass is 10.1. The predicted octanol–water partition coefficient (Wildman–Crippen LogP) is 3.87. The van der Waals surface area contributed by atoms with Crippen molar-refractivity contribution in [2.45, 2.75) is 43.5 Å². The molecule has 2 aromatic rings. The van der Waals surface area contributed by atoms with Crippen molar-refractivity contribution < 1.29 is 17.9 Å². The van der Waals surface area contributed by atoms with E-state index in [1.807, 2.05) is 6.92 Å². The van der Waals surface area contributed by atoms with Crippen molar-refractivity contribution in [3.05, 3.63) is 53.1 Å². The summed E-state index contributed by atoms with van der Waals surface area (Å²) in [6.07, 6.45) is 3.47. The number of carbonyl (C=O) groups excluding carboxylic acids is 1. The summed E-state index contributed by atoms with van der Waals surface area (Å²) < 4.78 is 33.1. The number of halogens is 1. The molecule has 2 aliphatic rings. The van der Waals surface area contributed by atoms with E-state index in [4.69, 9.17) is 16.3 Å². The average molecular weight is 449 g/mol. The Labute approximate surface area is 182 Å². The van der Waals surface area contributed by atoms with Gasteiger partial charge in [0.05, 0.1) is 9.92 Å². The Balaban J connectivity index is 1.52. The largest absolute Gasteiger partial charge is 0.482 e. The van der Waals surface area contributed by atoms with Gasteiger partial charge in [-0.3, -0.25) is 4.79 Å². The number of piperidine rings is 1. The predicted molar refractivity (Wildman–Crippen MR) is 117 cm³/mol. The third kappa shape index (κ3) is 4.06. The number of carbonyl (C=O) groups is 1. The van der Waals surface area contributed by atoms with Crippen LogP contribution in [0.5, 0.6) is 5.75 Å². The molecule has 1 amide bonds. The van der Waals surface area contributed by atoms with E-state index >= 15 is 0 Å². The number of benzene rings is 2. The highest BCUT2D eigenvalue weighted by Crippen LogP contribution is 2.35. The van der Waals surface area contributed by atoms with E-state index in [-0.39, 0.29) is 18.6 Å². The Bertz CT molecular complexity index is 1050. The van der Waals surface area contributed by atoms with Gasteiger partial charge in [-0.2, -0.15) is 4.31 Å². The number of ether oxygens (including phenoxy) is 1. The summed E-state index contributed by atoms with van der Waals surface area (Å²) in [5.74, 6) is 0.273. The number of anilines is 1. The Morgan fingerprint density at radius 1 is 1.13 bits per heavy atom. The molecule has 0 radical (unpaired) electrons. The summed E-state index contributed by atoms with van der Waals surface area (Å²) in [6, 6.07) is 12.0. The molecule has 0 N–H and O–H groups in total. The molecule has 1 atom stereocenters. The second kappa shape index (κ2) is 8.57. The van der Waals surface area contributed by atoms with Crippen LogP contribution in [0.1, 0.15) is 31.7 Å². The van der Waals surface area contributed by atoms with Crippen molar-refractivity contribution in [1.29, 1.82) is 0 Å². The van der Waals surface area contributed by atoms with Crippen molar-refractivity contribution in [3.63, 3.8) is 0 Å². The number of hydrogen-bond acceptors (Lipinski definition) is 4. The first-order valence-electron chi connectivity index (χ1n) is 10.2. The van der Waals surface area contributed by atoms with Gasteiger partial charge in [-0.25, -0.2) is 8.42 Å². The molecular weight excluding hydrogens is 424 g/mol. The molecule has 160 valence electrons. The molecule has 0 saturated carbocycles. The molecule has 0 aromatic heterocycles. The highest BCUT2D eigenvalue weighted by atomic mass is 35.5. The van der Waals surface area contributed by atoms with Crippen molar-refractivity contribution in [2.75, 3.05) is 24.6 Å². The van der Waals surface area contributed by atoms with Gasteiger partial charge in [-0.1, -0.05) is 30.2 Å². The lowest BCUT2D eigenvalue weighted by Crippen LogP contribution is -2.39. The van der Waals surface area contributed by atoms with Gasteiger partial charge in [0.2, 0.25) is 10.0 Å². The van der Waals surface area contributed by atoms with Gasteiger partial charge >= 0.3 is 0 Å². The Kier molecular flexibility index (Phi) is 6.04. The molecule has 6 nitrogen and oxygen atoms in total. The van der Waals surface area contributed by atoms with Gasteiger partial charge in [0.1, 0.15) is 5.75 Å². The SMILES string of the molecule is CC1Cc2cc(S(=O)(=O)N3CCCCC3)ccc2N1C(=O)COc1ccccc1Cl. The number of nitrogens with zero attached hydrogens (tertiary/aromatic N) is 2. The first kappa shape index (κ1) is 21.2. The zero-order valence-electron chi connectivity index (χ0n) is 16.9. The molecule has 8 heteroatoms. The van der Waals surface area contributed by atoms with Crippen molar-refractivity contribution in [3.8, 4) is 5.75 Å². The van der Waals surface area contributed by atoms with Crippen LogP contribution in [0.4, 0.5) is 5.69 Å². The van der Waals surface area contributed by atoms with Gasteiger partial charge < -0.3 is 9.64 Å². The van der Waals surface area contributed by atoms with E-state index < -0.39 is 10.0 Å². The summed E-state index contributed by atoms with van der Waals surface area (Å²) in [7, 11) is -3.50.